The number of hydrogen-bond donors (Lipinski definition) is 1. The summed E-state index contributed by atoms with van der Waals surface area (Å²) in [7, 11) is 0. The van der Waals surface area contributed by atoms with Crippen molar-refractivity contribution in [2.45, 2.75) is 6.54 Å². The summed E-state index contributed by atoms with van der Waals surface area (Å²) in [5.74, 6) is 0.327. The van der Waals surface area contributed by atoms with Crippen molar-refractivity contribution >= 4 is 22.2 Å². The molecular formula is C28H28FN7S. The lowest BCUT2D eigenvalue weighted by atomic mass is 10.1. The van der Waals surface area contributed by atoms with Crippen LogP contribution in [0.25, 0.3) is 27.6 Å². The second kappa shape index (κ2) is 10.8. The molecule has 4 heterocycles. The van der Waals surface area contributed by atoms with Gasteiger partial charge in [-0.1, -0.05) is 30.3 Å². The van der Waals surface area contributed by atoms with Crippen molar-refractivity contribution in [1.82, 2.24) is 29.2 Å². The Hall–Kier alpha value is -3.66. The van der Waals surface area contributed by atoms with Gasteiger partial charge in [0.2, 0.25) is 5.95 Å². The zero-order valence-corrected chi connectivity index (χ0v) is 21.2. The van der Waals surface area contributed by atoms with Crippen LogP contribution in [0.1, 0.15) is 5.56 Å². The van der Waals surface area contributed by atoms with E-state index in [4.69, 9.17) is 9.97 Å². The minimum Gasteiger partial charge on any atom is -0.353 e. The number of rotatable bonds is 8. The van der Waals surface area contributed by atoms with Gasteiger partial charge in [0.05, 0.1) is 11.4 Å². The summed E-state index contributed by atoms with van der Waals surface area (Å²) in [6.45, 7) is 6.99. The molecule has 0 amide bonds. The number of halogens is 1. The maximum Gasteiger partial charge on any atom is 0.223 e. The third-order valence-electron chi connectivity index (χ3n) is 6.70. The SMILES string of the molecule is Fc1ccc(-c2nc3sccn3c2-c2ccnc(NCCN3CCN(Cc4ccccc4)CC3)n2)cc1. The van der Waals surface area contributed by atoms with Gasteiger partial charge in [0.1, 0.15) is 11.5 Å². The Morgan fingerprint density at radius 1 is 0.892 bits per heavy atom. The highest BCUT2D eigenvalue weighted by Gasteiger charge is 2.19. The normalized spacial score (nSPS) is 14.8. The number of nitrogens with one attached hydrogen (secondary N) is 1. The number of hydrogen-bond acceptors (Lipinski definition) is 7. The number of imidazole rings is 1. The topological polar surface area (TPSA) is 61.6 Å². The molecule has 1 fully saturated rings. The smallest absolute Gasteiger partial charge is 0.223 e. The van der Waals surface area contributed by atoms with Gasteiger partial charge in [-0.15, -0.1) is 11.3 Å². The molecule has 0 unspecified atom stereocenters. The van der Waals surface area contributed by atoms with Crippen LogP contribution in [0.4, 0.5) is 10.3 Å². The summed E-state index contributed by atoms with van der Waals surface area (Å²) in [5.41, 5.74) is 4.66. The molecular weight excluding hydrogens is 485 g/mol. The average Bonchev–Trinajstić information content (AvgIpc) is 3.53. The third kappa shape index (κ3) is 5.39. The van der Waals surface area contributed by atoms with Gasteiger partial charge in [0.15, 0.2) is 4.96 Å². The van der Waals surface area contributed by atoms with E-state index < -0.39 is 0 Å². The van der Waals surface area contributed by atoms with Gasteiger partial charge in [-0.3, -0.25) is 14.2 Å². The lowest BCUT2D eigenvalue weighted by Crippen LogP contribution is -2.47. The van der Waals surface area contributed by atoms with Crippen molar-refractivity contribution in [3.8, 4) is 22.6 Å². The maximum atomic E-state index is 13.5. The Kier molecular flexibility index (Phi) is 6.90. The van der Waals surface area contributed by atoms with Crippen LogP contribution < -0.4 is 5.32 Å². The van der Waals surface area contributed by atoms with Crippen LogP contribution in [0.3, 0.4) is 0 Å². The standard InChI is InChI=1S/C28H28FN7S/c29-23-8-6-22(7-9-23)25-26(36-18-19-37-28(36)33-25)24-10-11-30-27(32-24)31-12-13-34-14-16-35(17-15-34)20-21-4-2-1-3-5-21/h1-11,18-19H,12-17,20H2,(H,30,31,32). The third-order valence-corrected chi connectivity index (χ3v) is 7.46. The monoisotopic (exact) mass is 513 g/mol. The Morgan fingerprint density at radius 2 is 1.68 bits per heavy atom. The quantitative estimate of drug-likeness (QED) is 0.319. The van der Waals surface area contributed by atoms with Crippen LogP contribution in [0.15, 0.2) is 78.4 Å². The van der Waals surface area contributed by atoms with Gasteiger partial charge >= 0.3 is 0 Å². The molecule has 0 aliphatic carbocycles. The van der Waals surface area contributed by atoms with Crippen molar-refractivity contribution < 1.29 is 4.39 Å². The van der Waals surface area contributed by atoms with Gasteiger partial charge < -0.3 is 5.32 Å². The fraction of sp³-hybridized carbons (Fsp3) is 0.250. The predicted octanol–water partition coefficient (Wildman–Crippen LogP) is 4.89. The van der Waals surface area contributed by atoms with Crippen molar-refractivity contribution in [3.63, 3.8) is 0 Å². The Bertz CT molecular complexity index is 1460. The first-order chi connectivity index (χ1) is 18.2. The fourth-order valence-electron chi connectivity index (χ4n) is 4.75. The number of aromatic nitrogens is 4. The number of fused-ring (bicyclic) bond motifs is 1. The van der Waals surface area contributed by atoms with E-state index in [9.17, 15) is 4.39 Å². The van der Waals surface area contributed by atoms with E-state index in [0.29, 0.717) is 5.95 Å². The highest BCUT2D eigenvalue weighted by Crippen LogP contribution is 2.33. The molecule has 1 saturated heterocycles. The molecule has 1 aliphatic heterocycles. The van der Waals surface area contributed by atoms with E-state index in [1.165, 1.54) is 17.7 Å². The Morgan fingerprint density at radius 3 is 2.49 bits per heavy atom. The minimum absolute atomic E-state index is 0.266. The largest absolute Gasteiger partial charge is 0.353 e. The summed E-state index contributed by atoms with van der Waals surface area (Å²) in [6, 6.07) is 19.0. The molecule has 0 bridgehead atoms. The summed E-state index contributed by atoms with van der Waals surface area (Å²) in [4.78, 5) is 19.9. The van der Waals surface area contributed by atoms with Crippen LogP contribution >= 0.6 is 11.3 Å². The van der Waals surface area contributed by atoms with Gasteiger partial charge in [-0.2, -0.15) is 0 Å². The summed E-state index contributed by atoms with van der Waals surface area (Å²) >= 11 is 1.56. The molecule has 5 aromatic rings. The lowest BCUT2D eigenvalue weighted by molar-refractivity contribution is 0.130. The molecule has 188 valence electrons. The molecule has 0 radical (unpaired) electrons. The molecule has 2 aromatic carbocycles. The molecule has 1 aliphatic rings. The molecule has 0 atom stereocenters. The average molecular weight is 514 g/mol. The Labute approximate surface area is 219 Å². The van der Waals surface area contributed by atoms with Crippen molar-refractivity contribution in [1.29, 1.82) is 0 Å². The molecule has 3 aromatic heterocycles. The maximum absolute atomic E-state index is 13.5. The van der Waals surface area contributed by atoms with E-state index in [1.807, 2.05) is 22.0 Å². The lowest BCUT2D eigenvalue weighted by Gasteiger charge is -2.34. The van der Waals surface area contributed by atoms with Gasteiger partial charge in [-0.05, 0) is 35.9 Å². The highest BCUT2D eigenvalue weighted by atomic mass is 32.1. The highest BCUT2D eigenvalue weighted by molar-refractivity contribution is 7.15. The second-order valence-corrected chi connectivity index (χ2v) is 10.0. The first kappa shape index (κ1) is 23.7. The zero-order chi connectivity index (χ0) is 25.0. The first-order valence-corrected chi connectivity index (χ1v) is 13.4. The predicted molar refractivity (Wildman–Crippen MR) is 146 cm³/mol. The molecule has 6 rings (SSSR count). The number of piperazine rings is 1. The van der Waals surface area contributed by atoms with E-state index in [1.54, 1.807) is 29.7 Å². The van der Waals surface area contributed by atoms with E-state index in [0.717, 1.165) is 73.4 Å². The molecule has 37 heavy (non-hydrogen) atoms. The summed E-state index contributed by atoms with van der Waals surface area (Å²) in [6.07, 6.45) is 3.76. The first-order valence-electron chi connectivity index (χ1n) is 12.5. The van der Waals surface area contributed by atoms with Crippen LogP contribution in [0.2, 0.25) is 0 Å². The second-order valence-electron chi connectivity index (χ2n) is 9.17. The molecule has 0 spiro atoms. The fourth-order valence-corrected chi connectivity index (χ4v) is 5.47. The Balaban J connectivity index is 1.10. The number of anilines is 1. The summed E-state index contributed by atoms with van der Waals surface area (Å²) in [5, 5.41) is 5.40. The van der Waals surface area contributed by atoms with Crippen LogP contribution in [-0.4, -0.2) is 68.4 Å². The van der Waals surface area contributed by atoms with Crippen molar-refractivity contribution in [2.24, 2.45) is 0 Å². The van der Waals surface area contributed by atoms with Gasteiger partial charge in [-0.25, -0.2) is 19.3 Å². The molecule has 1 N–H and O–H groups in total. The van der Waals surface area contributed by atoms with E-state index >= 15 is 0 Å². The molecule has 7 nitrogen and oxygen atoms in total. The number of nitrogens with zero attached hydrogens (tertiary/aromatic N) is 6. The minimum atomic E-state index is -0.266. The van der Waals surface area contributed by atoms with Gasteiger partial charge in [0, 0.05) is 69.2 Å². The summed E-state index contributed by atoms with van der Waals surface area (Å²) < 4.78 is 15.6. The van der Waals surface area contributed by atoms with Crippen LogP contribution in [0, 0.1) is 5.82 Å². The molecule has 9 heteroatoms. The van der Waals surface area contributed by atoms with E-state index in [2.05, 4.69) is 50.4 Å². The zero-order valence-electron chi connectivity index (χ0n) is 20.4. The van der Waals surface area contributed by atoms with Crippen LogP contribution in [0.5, 0.6) is 0 Å². The van der Waals surface area contributed by atoms with Crippen LogP contribution in [-0.2, 0) is 6.54 Å². The number of thiazole rings is 1. The van der Waals surface area contributed by atoms with E-state index in [-0.39, 0.29) is 5.82 Å². The molecule has 0 saturated carbocycles. The number of benzene rings is 2. The van der Waals surface area contributed by atoms with Gasteiger partial charge in [0.25, 0.3) is 0 Å². The van der Waals surface area contributed by atoms with Crippen molar-refractivity contribution in [2.75, 3.05) is 44.6 Å². The van der Waals surface area contributed by atoms with Crippen molar-refractivity contribution in [3.05, 3.63) is 89.8 Å².